The monoisotopic (exact) mass is 345 g/mol. The maximum absolute atomic E-state index is 11.2. The lowest BCUT2D eigenvalue weighted by atomic mass is 9.97. The molecule has 3 aromatic carbocycles. The Kier molecular flexibility index (Phi) is 5.19. The third kappa shape index (κ3) is 3.84. The van der Waals surface area contributed by atoms with Gasteiger partial charge in [-0.1, -0.05) is 60.4 Å². The summed E-state index contributed by atoms with van der Waals surface area (Å²) in [5.41, 5.74) is 0.949. The van der Waals surface area contributed by atoms with Crippen molar-refractivity contribution in [3.63, 3.8) is 0 Å². The number of carboxylic acids is 1. The highest BCUT2D eigenvalue weighted by molar-refractivity contribution is 6.04. The Morgan fingerprint density at radius 2 is 1.62 bits per heavy atom. The van der Waals surface area contributed by atoms with Gasteiger partial charge in [0.2, 0.25) is 5.91 Å². The molecule has 0 radical (unpaired) electrons. The van der Waals surface area contributed by atoms with Crippen molar-refractivity contribution in [2.75, 3.05) is 0 Å². The van der Waals surface area contributed by atoms with Crippen LogP contribution >= 0.6 is 0 Å². The summed E-state index contributed by atoms with van der Waals surface area (Å²) in [4.78, 5) is 22.3. The standard InChI is InChI=1S/C22H19NO3/c1-15(24)23-21(22(25)26)13-7-6-12-20-18-10-4-2-8-16(18)14-17-9-3-5-11-19(17)20/h2-5,8-11,14,21H,7,13H2,1H3,(H,23,24)(H,25,26). The fourth-order valence-corrected chi connectivity index (χ4v) is 3.02. The van der Waals surface area contributed by atoms with Gasteiger partial charge in [-0.2, -0.15) is 0 Å². The molecule has 0 spiro atoms. The molecule has 4 heteroatoms. The first-order chi connectivity index (χ1) is 12.6. The molecule has 0 saturated carbocycles. The molecule has 4 nitrogen and oxygen atoms in total. The summed E-state index contributed by atoms with van der Waals surface area (Å²) < 4.78 is 0. The van der Waals surface area contributed by atoms with Crippen molar-refractivity contribution in [3.05, 3.63) is 60.2 Å². The Hall–Kier alpha value is -3.32. The van der Waals surface area contributed by atoms with Crippen molar-refractivity contribution in [1.82, 2.24) is 5.32 Å². The molecule has 1 unspecified atom stereocenters. The normalized spacial score (nSPS) is 11.6. The van der Waals surface area contributed by atoms with Gasteiger partial charge in [-0.15, -0.1) is 0 Å². The van der Waals surface area contributed by atoms with E-state index in [1.165, 1.54) is 6.92 Å². The second-order valence-corrected chi connectivity index (χ2v) is 6.13. The highest BCUT2D eigenvalue weighted by Gasteiger charge is 2.16. The summed E-state index contributed by atoms with van der Waals surface area (Å²) in [5, 5.41) is 16.0. The van der Waals surface area contributed by atoms with Crippen LogP contribution in [0.15, 0.2) is 54.6 Å². The van der Waals surface area contributed by atoms with Crippen LogP contribution in [-0.4, -0.2) is 23.0 Å². The summed E-state index contributed by atoms with van der Waals surface area (Å²) in [6.45, 7) is 1.31. The Morgan fingerprint density at radius 1 is 1.04 bits per heavy atom. The number of benzene rings is 3. The highest BCUT2D eigenvalue weighted by atomic mass is 16.4. The summed E-state index contributed by atoms with van der Waals surface area (Å²) >= 11 is 0. The Balaban J connectivity index is 1.92. The van der Waals surface area contributed by atoms with Crippen LogP contribution in [0, 0.1) is 11.8 Å². The molecule has 0 heterocycles. The first-order valence-corrected chi connectivity index (χ1v) is 8.45. The highest BCUT2D eigenvalue weighted by Crippen LogP contribution is 2.27. The van der Waals surface area contributed by atoms with Crippen molar-refractivity contribution in [2.45, 2.75) is 25.8 Å². The van der Waals surface area contributed by atoms with E-state index in [0.717, 1.165) is 27.1 Å². The quantitative estimate of drug-likeness (QED) is 0.559. The van der Waals surface area contributed by atoms with Crippen LogP contribution in [0.1, 0.15) is 25.3 Å². The van der Waals surface area contributed by atoms with Crippen LogP contribution in [0.25, 0.3) is 21.5 Å². The largest absolute Gasteiger partial charge is 0.480 e. The summed E-state index contributed by atoms with van der Waals surface area (Å²) in [6.07, 6.45) is 0.652. The topological polar surface area (TPSA) is 66.4 Å². The van der Waals surface area contributed by atoms with Crippen molar-refractivity contribution >= 4 is 33.4 Å². The second-order valence-electron chi connectivity index (χ2n) is 6.13. The van der Waals surface area contributed by atoms with Gasteiger partial charge >= 0.3 is 5.97 Å². The molecule has 3 aromatic rings. The number of nitrogens with one attached hydrogen (secondary N) is 1. The number of carbonyl (C=O) groups is 2. The van der Waals surface area contributed by atoms with Gasteiger partial charge in [0.25, 0.3) is 0 Å². The van der Waals surface area contributed by atoms with Crippen LogP contribution < -0.4 is 5.32 Å². The number of hydrogen-bond donors (Lipinski definition) is 2. The number of aliphatic carboxylic acids is 1. The molecule has 0 aliphatic carbocycles. The minimum atomic E-state index is -1.04. The Labute approximate surface area is 151 Å². The van der Waals surface area contributed by atoms with Crippen LogP contribution in [0.4, 0.5) is 0 Å². The lowest BCUT2D eigenvalue weighted by Crippen LogP contribution is -2.39. The Bertz CT molecular complexity index is 989. The smallest absolute Gasteiger partial charge is 0.326 e. The van der Waals surface area contributed by atoms with E-state index >= 15 is 0 Å². The molecule has 26 heavy (non-hydrogen) atoms. The molecule has 2 N–H and O–H groups in total. The molecule has 0 aliphatic heterocycles. The summed E-state index contributed by atoms with van der Waals surface area (Å²) in [6, 6.07) is 17.4. The SMILES string of the molecule is CC(=O)NC(CCC#Cc1c2ccccc2cc2ccccc12)C(=O)O. The van der Waals surface area contributed by atoms with E-state index in [2.05, 4.69) is 35.4 Å². The second kappa shape index (κ2) is 7.71. The summed E-state index contributed by atoms with van der Waals surface area (Å²) in [5.74, 6) is 4.90. The number of rotatable bonds is 4. The first kappa shape index (κ1) is 17.5. The lowest BCUT2D eigenvalue weighted by Gasteiger charge is -2.10. The van der Waals surface area contributed by atoms with E-state index < -0.39 is 12.0 Å². The predicted molar refractivity (Wildman–Crippen MR) is 103 cm³/mol. The zero-order valence-corrected chi connectivity index (χ0v) is 14.5. The van der Waals surface area contributed by atoms with Crippen LogP contribution in [0.5, 0.6) is 0 Å². The summed E-state index contributed by atoms with van der Waals surface area (Å²) in [7, 11) is 0. The third-order valence-corrected chi connectivity index (χ3v) is 4.22. The van der Waals surface area contributed by atoms with Gasteiger partial charge in [-0.25, -0.2) is 4.79 Å². The van der Waals surface area contributed by atoms with E-state index in [4.69, 9.17) is 5.11 Å². The molecule has 0 aromatic heterocycles. The van der Waals surface area contributed by atoms with Crippen LogP contribution in [0.3, 0.4) is 0 Å². The minimum absolute atomic E-state index is 0.268. The Morgan fingerprint density at radius 3 is 2.15 bits per heavy atom. The first-order valence-electron chi connectivity index (χ1n) is 8.45. The molecule has 0 saturated heterocycles. The number of fused-ring (bicyclic) bond motifs is 2. The molecule has 0 bridgehead atoms. The van der Waals surface area contributed by atoms with Crippen molar-refractivity contribution < 1.29 is 14.7 Å². The third-order valence-electron chi connectivity index (χ3n) is 4.22. The number of carbonyl (C=O) groups excluding carboxylic acids is 1. The average Bonchev–Trinajstić information content (AvgIpc) is 2.62. The molecule has 130 valence electrons. The average molecular weight is 345 g/mol. The van der Waals surface area contributed by atoms with Gasteiger partial charge in [0.15, 0.2) is 0 Å². The van der Waals surface area contributed by atoms with E-state index in [9.17, 15) is 9.59 Å². The van der Waals surface area contributed by atoms with Gasteiger partial charge in [-0.05, 0) is 34.0 Å². The molecule has 1 atom stereocenters. The van der Waals surface area contributed by atoms with Gasteiger partial charge < -0.3 is 10.4 Å². The van der Waals surface area contributed by atoms with Crippen molar-refractivity contribution in [3.8, 4) is 11.8 Å². The molecule has 0 fully saturated rings. The fourth-order valence-electron chi connectivity index (χ4n) is 3.02. The molecule has 0 aliphatic rings. The molecule has 3 rings (SSSR count). The van der Waals surface area contributed by atoms with Gasteiger partial charge in [0, 0.05) is 18.9 Å². The van der Waals surface area contributed by atoms with Crippen LogP contribution in [0.2, 0.25) is 0 Å². The molecular formula is C22H19NO3. The maximum Gasteiger partial charge on any atom is 0.326 e. The number of carboxylic acid groups (broad SMARTS) is 1. The van der Waals surface area contributed by atoms with Gasteiger partial charge in [0.1, 0.15) is 6.04 Å². The zero-order chi connectivity index (χ0) is 18.5. The van der Waals surface area contributed by atoms with E-state index in [-0.39, 0.29) is 12.3 Å². The number of amides is 1. The van der Waals surface area contributed by atoms with Gasteiger partial charge in [0.05, 0.1) is 0 Å². The van der Waals surface area contributed by atoms with Gasteiger partial charge in [-0.3, -0.25) is 4.79 Å². The number of hydrogen-bond acceptors (Lipinski definition) is 2. The maximum atomic E-state index is 11.2. The predicted octanol–water partition coefficient (Wildman–Crippen LogP) is 3.71. The van der Waals surface area contributed by atoms with E-state index in [1.807, 2.05) is 36.4 Å². The van der Waals surface area contributed by atoms with Crippen molar-refractivity contribution in [2.24, 2.45) is 0 Å². The van der Waals surface area contributed by atoms with E-state index in [1.54, 1.807) is 0 Å². The molecular weight excluding hydrogens is 326 g/mol. The van der Waals surface area contributed by atoms with E-state index in [0.29, 0.717) is 6.42 Å². The van der Waals surface area contributed by atoms with Crippen molar-refractivity contribution in [1.29, 1.82) is 0 Å². The lowest BCUT2D eigenvalue weighted by molar-refractivity contribution is -0.141. The molecule has 1 amide bonds. The zero-order valence-electron chi connectivity index (χ0n) is 14.5. The minimum Gasteiger partial charge on any atom is -0.480 e. The van der Waals surface area contributed by atoms with Crippen LogP contribution in [-0.2, 0) is 9.59 Å². The fraction of sp³-hybridized carbons (Fsp3) is 0.182.